The number of thioether (sulfide) groups is 1. The number of ether oxygens (including phenoxy) is 1. The molecule has 7 nitrogen and oxygen atoms in total. The molecule has 33 heavy (non-hydrogen) atoms. The lowest BCUT2D eigenvalue weighted by molar-refractivity contribution is -0.122. The standard InChI is InChI=1S/C23H21BrN2O5S2/c1-2-31-22(30)14-5-8-17(9-6-14)25-20(28)4-3-11-26-21(29)19(33-23(26)32)13-15-12-16(24)7-10-18(15)27/h5-10,12-13,27H,2-4,11H2,1H3,(H,25,28)/b19-13-. The zero-order valence-corrected chi connectivity index (χ0v) is 20.9. The molecule has 0 aliphatic carbocycles. The van der Waals surface area contributed by atoms with E-state index in [1.807, 2.05) is 0 Å². The van der Waals surface area contributed by atoms with E-state index in [0.717, 1.165) is 16.2 Å². The lowest BCUT2D eigenvalue weighted by atomic mass is 10.2. The van der Waals surface area contributed by atoms with E-state index in [2.05, 4.69) is 21.2 Å². The summed E-state index contributed by atoms with van der Waals surface area (Å²) in [5, 5.41) is 12.8. The van der Waals surface area contributed by atoms with Crippen LogP contribution in [0.2, 0.25) is 0 Å². The van der Waals surface area contributed by atoms with E-state index in [-0.39, 0.29) is 24.0 Å². The number of amides is 2. The Hall–Kier alpha value is -2.69. The highest BCUT2D eigenvalue weighted by Gasteiger charge is 2.31. The van der Waals surface area contributed by atoms with Crippen molar-refractivity contribution in [3.05, 3.63) is 63.0 Å². The van der Waals surface area contributed by atoms with Gasteiger partial charge in [0.05, 0.1) is 17.1 Å². The summed E-state index contributed by atoms with van der Waals surface area (Å²) >= 11 is 9.83. The molecule has 172 valence electrons. The average Bonchev–Trinajstić information content (AvgIpc) is 3.04. The van der Waals surface area contributed by atoms with E-state index in [4.69, 9.17) is 17.0 Å². The molecule has 0 saturated carbocycles. The summed E-state index contributed by atoms with van der Waals surface area (Å²) < 4.78 is 6.12. The topological polar surface area (TPSA) is 95.9 Å². The van der Waals surface area contributed by atoms with Crippen LogP contribution >= 0.6 is 39.9 Å². The molecular weight excluding hydrogens is 528 g/mol. The first kappa shape index (κ1) is 24.9. The van der Waals surface area contributed by atoms with E-state index in [0.29, 0.717) is 45.6 Å². The van der Waals surface area contributed by atoms with Gasteiger partial charge in [0, 0.05) is 28.7 Å². The summed E-state index contributed by atoms with van der Waals surface area (Å²) in [4.78, 5) is 38.6. The molecule has 0 atom stereocenters. The van der Waals surface area contributed by atoms with Gasteiger partial charge in [-0.3, -0.25) is 14.5 Å². The number of carbonyl (C=O) groups excluding carboxylic acids is 3. The van der Waals surface area contributed by atoms with Crippen molar-refractivity contribution >= 4 is 73.8 Å². The fourth-order valence-electron chi connectivity index (χ4n) is 3.00. The second kappa shape index (κ2) is 11.4. The van der Waals surface area contributed by atoms with Crippen molar-refractivity contribution in [2.45, 2.75) is 19.8 Å². The zero-order chi connectivity index (χ0) is 24.0. The van der Waals surface area contributed by atoms with Gasteiger partial charge < -0.3 is 15.2 Å². The number of phenols is 1. The van der Waals surface area contributed by atoms with Crippen LogP contribution in [0.15, 0.2) is 51.8 Å². The number of anilines is 1. The zero-order valence-electron chi connectivity index (χ0n) is 17.7. The van der Waals surface area contributed by atoms with Gasteiger partial charge in [0.1, 0.15) is 10.1 Å². The summed E-state index contributed by atoms with van der Waals surface area (Å²) in [6.07, 6.45) is 2.23. The number of nitrogens with one attached hydrogen (secondary N) is 1. The van der Waals surface area contributed by atoms with Crippen LogP contribution in [-0.4, -0.2) is 45.3 Å². The predicted octanol–water partition coefficient (Wildman–Crippen LogP) is 4.95. The second-order valence-corrected chi connectivity index (χ2v) is 9.58. The van der Waals surface area contributed by atoms with Gasteiger partial charge >= 0.3 is 5.97 Å². The molecule has 0 spiro atoms. The fourth-order valence-corrected chi connectivity index (χ4v) is 4.68. The van der Waals surface area contributed by atoms with Crippen molar-refractivity contribution in [2.24, 2.45) is 0 Å². The highest BCUT2D eigenvalue weighted by molar-refractivity contribution is 9.10. The number of hydrogen-bond donors (Lipinski definition) is 2. The molecule has 2 amide bonds. The first-order valence-electron chi connectivity index (χ1n) is 10.1. The number of carbonyl (C=O) groups is 3. The normalized spacial score (nSPS) is 14.6. The van der Waals surface area contributed by atoms with E-state index >= 15 is 0 Å². The first-order chi connectivity index (χ1) is 15.8. The average molecular weight is 549 g/mol. The molecule has 1 heterocycles. The summed E-state index contributed by atoms with van der Waals surface area (Å²) in [6, 6.07) is 11.4. The number of thiocarbonyl (C=S) groups is 1. The molecule has 1 aliphatic rings. The molecule has 2 aromatic carbocycles. The van der Waals surface area contributed by atoms with Gasteiger partial charge in [-0.25, -0.2) is 4.79 Å². The first-order valence-corrected chi connectivity index (χ1v) is 12.1. The Morgan fingerprint density at radius 3 is 2.67 bits per heavy atom. The number of rotatable bonds is 8. The molecule has 0 unspecified atom stereocenters. The quantitative estimate of drug-likeness (QED) is 0.273. The summed E-state index contributed by atoms with van der Waals surface area (Å²) in [7, 11) is 0. The van der Waals surface area contributed by atoms with E-state index in [1.54, 1.807) is 55.5 Å². The molecule has 1 saturated heterocycles. The van der Waals surface area contributed by atoms with Crippen LogP contribution in [0.25, 0.3) is 6.08 Å². The summed E-state index contributed by atoms with van der Waals surface area (Å²) in [5.74, 6) is -0.809. The third-order valence-corrected chi connectivity index (χ3v) is 6.49. The molecule has 1 aliphatic heterocycles. The van der Waals surface area contributed by atoms with Crippen LogP contribution in [-0.2, 0) is 14.3 Å². The van der Waals surface area contributed by atoms with Gasteiger partial charge in [-0.05, 0) is 61.9 Å². The Balaban J connectivity index is 1.52. The Morgan fingerprint density at radius 2 is 1.97 bits per heavy atom. The number of hydrogen-bond acceptors (Lipinski definition) is 7. The van der Waals surface area contributed by atoms with Crippen molar-refractivity contribution in [3.63, 3.8) is 0 Å². The number of aromatic hydroxyl groups is 1. The number of esters is 1. The van der Waals surface area contributed by atoms with Crippen molar-refractivity contribution in [2.75, 3.05) is 18.5 Å². The molecule has 2 aromatic rings. The summed E-state index contributed by atoms with van der Waals surface area (Å²) in [5.41, 5.74) is 1.49. The Labute approximate surface area is 209 Å². The van der Waals surface area contributed by atoms with E-state index in [1.165, 1.54) is 4.90 Å². The lowest BCUT2D eigenvalue weighted by Gasteiger charge is -2.14. The van der Waals surface area contributed by atoms with Gasteiger partial charge in [-0.1, -0.05) is 39.9 Å². The lowest BCUT2D eigenvalue weighted by Crippen LogP contribution is -2.29. The molecule has 1 fully saturated rings. The molecular formula is C23H21BrN2O5S2. The largest absolute Gasteiger partial charge is 0.507 e. The summed E-state index contributed by atoms with van der Waals surface area (Å²) in [6.45, 7) is 2.34. The van der Waals surface area contributed by atoms with E-state index in [9.17, 15) is 19.5 Å². The van der Waals surface area contributed by atoms with Crippen LogP contribution in [0, 0.1) is 0 Å². The van der Waals surface area contributed by atoms with Gasteiger partial charge in [-0.15, -0.1) is 0 Å². The molecule has 3 rings (SSSR count). The van der Waals surface area contributed by atoms with Gasteiger partial charge in [0.2, 0.25) is 5.91 Å². The minimum atomic E-state index is -0.414. The second-order valence-electron chi connectivity index (χ2n) is 6.99. The SMILES string of the molecule is CCOC(=O)c1ccc(NC(=O)CCCN2C(=O)/C(=C/c3cc(Br)ccc3O)SC2=S)cc1. The van der Waals surface area contributed by atoms with Crippen LogP contribution in [0.5, 0.6) is 5.75 Å². The van der Waals surface area contributed by atoms with Crippen molar-refractivity contribution < 1.29 is 24.2 Å². The van der Waals surface area contributed by atoms with Crippen molar-refractivity contribution in [1.82, 2.24) is 4.90 Å². The number of halogens is 1. The number of phenolic OH excluding ortho intramolecular Hbond substituents is 1. The maximum absolute atomic E-state index is 12.7. The van der Waals surface area contributed by atoms with Crippen LogP contribution in [0.3, 0.4) is 0 Å². The van der Waals surface area contributed by atoms with Gasteiger partial charge in [-0.2, -0.15) is 0 Å². The van der Waals surface area contributed by atoms with Gasteiger partial charge in [0.25, 0.3) is 5.91 Å². The number of benzene rings is 2. The fraction of sp³-hybridized carbons (Fsp3) is 0.217. The minimum Gasteiger partial charge on any atom is -0.507 e. The predicted molar refractivity (Wildman–Crippen MR) is 136 cm³/mol. The maximum atomic E-state index is 12.7. The highest BCUT2D eigenvalue weighted by Crippen LogP contribution is 2.34. The Bertz CT molecular complexity index is 1120. The maximum Gasteiger partial charge on any atom is 0.338 e. The Morgan fingerprint density at radius 1 is 1.24 bits per heavy atom. The highest BCUT2D eigenvalue weighted by atomic mass is 79.9. The van der Waals surface area contributed by atoms with Crippen LogP contribution < -0.4 is 5.32 Å². The minimum absolute atomic E-state index is 0.0652. The molecule has 0 radical (unpaired) electrons. The molecule has 2 N–H and O–H groups in total. The number of nitrogens with zero attached hydrogens (tertiary/aromatic N) is 1. The van der Waals surface area contributed by atoms with E-state index < -0.39 is 5.97 Å². The van der Waals surface area contributed by atoms with Gasteiger partial charge in [0.15, 0.2) is 0 Å². The third-order valence-electron chi connectivity index (χ3n) is 4.62. The van der Waals surface area contributed by atoms with Crippen molar-refractivity contribution in [3.8, 4) is 5.75 Å². The molecule has 0 aromatic heterocycles. The third kappa shape index (κ3) is 6.66. The monoisotopic (exact) mass is 548 g/mol. The smallest absolute Gasteiger partial charge is 0.338 e. The molecule has 10 heteroatoms. The molecule has 0 bridgehead atoms. The van der Waals surface area contributed by atoms with Crippen LogP contribution in [0.4, 0.5) is 5.69 Å². The van der Waals surface area contributed by atoms with Crippen LogP contribution in [0.1, 0.15) is 35.7 Å². The van der Waals surface area contributed by atoms with Crippen molar-refractivity contribution in [1.29, 1.82) is 0 Å². The Kier molecular flexibility index (Phi) is 8.65.